The molecule has 0 fully saturated rings. The third-order valence-corrected chi connectivity index (χ3v) is 3.58. The second-order valence-corrected chi connectivity index (χ2v) is 7.13. The maximum absolute atomic E-state index is 12.2. The van der Waals surface area contributed by atoms with Crippen LogP contribution in [0.1, 0.15) is 36.7 Å². The number of benzene rings is 1. The van der Waals surface area contributed by atoms with Crippen molar-refractivity contribution in [2.45, 2.75) is 38.8 Å². The van der Waals surface area contributed by atoms with E-state index in [1.54, 1.807) is 69.6 Å². The minimum absolute atomic E-state index is 0.0564. The normalized spacial score (nSPS) is 12.0. The first-order chi connectivity index (χ1) is 13.1. The number of carbonyl (C=O) groups excluding carboxylic acids is 2. The Balaban J connectivity index is 1.99. The fourth-order valence-corrected chi connectivity index (χ4v) is 2.32. The van der Waals surface area contributed by atoms with Gasteiger partial charge in [-0.25, -0.2) is 9.59 Å². The molecule has 1 aromatic carbocycles. The number of carboxylic acid groups (broad SMARTS) is 1. The summed E-state index contributed by atoms with van der Waals surface area (Å²) in [6.45, 7) is 5.08. The van der Waals surface area contributed by atoms with Crippen LogP contribution in [-0.4, -0.2) is 39.7 Å². The quantitative estimate of drug-likeness (QED) is 0.704. The molecule has 0 spiro atoms. The van der Waals surface area contributed by atoms with Crippen LogP contribution < -0.4 is 10.6 Å². The first-order valence-corrected chi connectivity index (χ1v) is 8.67. The number of nitrogens with zero attached hydrogens (tertiary/aromatic N) is 1. The van der Waals surface area contributed by atoms with E-state index in [4.69, 9.17) is 4.74 Å². The van der Waals surface area contributed by atoms with Crippen molar-refractivity contribution in [2.24, 2.45) is 0 Å². The molecule has 2 rings (SSSR count). The maximum atomic E-state index is 12.2. The zero-order valence-electron chi connectivity index (χ0n) is 15.9. The van der Waals surface area contributed by atoms with Crippen LogP contribution in [-0.2, 0) is 16.0 Å². The van der Waals surface area contributed by atoms with Crippen LogP contribution in [0.4, 0.5) is 10.5 Å². The van der Waals surface area contributed by atoms with Crippen molar-refractivity contribution in [3.8, 4) is 0 Å². The molecule has 1 unspecified atom stereocenters. The lowest BCUT2D eigenvalue weighted by Crippen LogP contribution is -2.44. The SMILES string of the molecule is CC(C)(C)OC(=O)NC(Cc1ccc(C(=O)Nc2ccncc2)cc1)C(=O)O. The first kappa shape index (κ1) is 20.9. The minimum atomic E-state index is -1.18. The second kappa shape index (κ2) is 8.98. The molecule has 0 saturated carbocycles. The molecular formula is C20H23N3O5. The molecule has 2 amide bonds. The highest BCUT2D eigenvalue weighted by Crippen LogP contribution is 2.12. The molecular weight excluding hydrogens is 362 g/mol. The average Bonchev–Trinajstić information content (AvgIpc) is 2.61. The van der Waals surface area contributed by atoms with Crippen LogP contribution in [0, 0.1) is 0 Å². The number of rotatable bonds is 6. The smallest absolute Gasteiger partial charge is 0.408 e. The Morgan fingerprint density at radius 1 is 1.07 bits per heavy atom. The molecule has 1 aromatic heterocycles. The summed E-state index contributed by atoms with van der Waals surface area (Å²) in [5.74, 6) is -1.47. The molecule has 3 N–H and O–H groups in total. The fraction of sp³-hybridized carbons (Fsp3) is 0.300. The number of nitrogens with one attached hydrogen (secondary N) is 2. The summed E-state index contributed by atoms with van der Waals surface area (Å²) in [6.07, 6.45) is 2.40. The third kappa shape index (κ3) is 6.71. The number of hydrogen-bond acceptors (Lipinski definition) is 5. The number of hydrogen-bond donors (Lipinski definition) is 3. The lowest BCUT2D eigenvalue weighted by Gasteiger charge is -2.22. The van der Waals surface area contributed by atoms with E-state index < -0.39 is 23.7 Å². The largest absolute Gasteiger partial charge is 0.480 e. The van der Waals surface area contributed by atoms with Crippen LogP contribution in [0.15, 0.2) is 48.8 Å². The predicted octanol–water partition coefficient (Wildman–Crippen LogP) is 2.85. The van der Waals surface area contributed by atoms with E-state index in [2.05, 4.69) is 15.6 Å². The fourth-order valence-electron chi connectivity index (χ4n) is 2.32. The second-order valence-electron chi connectivity index (χ2n) is 7.13. The van der Waals surface area contributed by atoms with E-state index >= 15 is 0 Å². The number of aromatic nitrogens is 1. The highest BCUT2D eigenvalue weighted by molar-refractivity contribution is 6.04. The highest BCUT2D eigenvalue weighted by Gasteiger charge is 2.24. The number of anilines is 1. The molecule has 0 radical (unpaired) electrons. The predicted molar refractivity (Wildman–Crippen MR) is 103 cm³/mol. The summed E-state index contributed by atoms with van der Waals surface area (Å²) in [5.41, 5.74) is 0.977. The van der Waals surface area contributed by atoms with Crippen LogP contribution in [0.25, 0.3) is 0 Å². The Kier molecular flexibility index (Phi) is 6.70. The number of alkyl carbamates (subject to hydrolysis) is 1. The molecule has 8 heteroatoms. The summed E-state index contributed by atoms with van der Waals surface area (Å²) < 4.78 is 5.09. The van der Waals surface area contributed by atoms with Gasteiger partial charge in [-0.2, -0.15) is 0 Å². The summed E-state index contributed by atoms with van der Waals surface area (Å²) in [6, 6.07) is 8.68. The van der Waals surface area contributed by atoms with Gasteiger partial charge in [0.2, 0.25) is 0 Å². The van der Waals surface area contributed by atoms with E-state index in [0.29, 0.717) is 16.8 Å². The van der Waals surface area contributed by atoms with E-state index in [9.17, 15) is 19.5 Å². The molecule has 2 aromatic rings. The standard InChI is InChI=1S/C20H23N3O5/c1-20(2,3)28-19(27)23-16(18(25)26)12-13-4-6-14(7-5-13)17(24)22-15-8-10-21-11-9-15/h4-11,16H,12H2,1-3H3,(H,23,27)(H,25,26)(H,21,22,24). The van der Waals surface area contributed by atoms with E-state index in [1.165, 1.54) is 0 Å². The average molecular weight is 385 g/mol. The van der Waals surface area contributed by atoms with Gasteiger partial charge < -0.3 is 20.5 Å². The van der Waals surface area contributed by atoms with Crippen molar-refractivity contribution in [3.63, 3.8) is 0 Å². The molecule has 0 aliphatic carbocycles. The Bertz CT molecular complexity index is 829. The lowest BCUT2D eigenvalue weighted by molar-refractivity contribution is -0.139. The van der Waals surface area contributed by atoms with E-state index in [0.717, 1.165) is 0 Å². The van der Waals surface area contributed by atoms with Gasteiger partial charge in [0.05, 0.1) is 0 Å². The van der Waals surface area contributed by atoms with Gasteiger partial charge in [-0.3, -0.25) is 9.78 Å². The maximum Gasteiger partial charge on any atom is 0.408 e. The van der Waals surface area contributed by atoms with Gasteiger partial charge in [-0.05, 0) is 50.6 Å². The Labute approximate surface area is 162 Å². The molecule has 28 heavy (non-hydrogen) atoms. The summed E-state index contributed by atoms with van der Waals surface area (Å²) in [7, 11) is 0. The Morgan fingerprint density at radius 2 is 1.68 bits per heavy atom. The first-order valence-electron chi connectivity index (χ1n) is 8.67. The molecule has 0 saturated heterocycles. The number of amides is 2. The van der Waals surface area contributed by atoms with Gasteiger partial charge in [0.25, 0.3) is 5.91 Å². The number of carbonyl (C=O) groups is 3. The van der Waals surface area contributed by atoms with Gasteiger partial charge in [0.15, 0.2) is 0 Å². The summed E-state index contributed by atoms with van der Waals surface area (Å²) in [5, 5.41) is 14.4. The lowest BCUT2D eigenvalue weighted by atomic mass is 10.0. The topological polar surface area (TPSA) is 118 Å². The van der Waals surface area contributed by atoms with Crippen LogP contribution in [0.3, 0.4) is 0 Å². The Hall–Kier alpha value is -3.42. The Morgan fingerprint density at radius 3 is 2.21 bits per heavy atom. The molecule has 0 aliphatic rings. The number of carboxylic acids is 1. The molecule has 1 atom stereocenters. The zero-order chi connectivity index (χ0) is 20.7. The van der Waals surface area contributed by atoms with Crippen molar-refractivity contribution in [1.29, 1.82) is 0 Å². The number of aliphatic carboxylic acids is 1. The monoisotopic (exact) mass is 385 g/mol. The summed E-state index contributed by atoms with van der Waals surface area (Å²) >= 11 is 0. The highest BCUT2D eigenvalue weighted by atomic mass is 16.6. The number of ether oxygens (including phenoxy) is 1. The molecule has 148 valence electrons. The van der Waals surface area contributed by atoms with Gasteiger partial charge in [0, 0.05) is 30.1 Å². The molecule has 1 heterocycles. The van der Waals surface area contributed by atoms with Crippen molar-refractivity contribution in [2.75, 3.05) is 5.32 Å². The molecule has 8 nitrogen and oxygen atoms in total. The van der Waals surface area contributed by atoms with Crippen LogP contribution >= 0.6 is 0 Å². The third-order valence-electron chi connectivity index (χ3n) is 3.58. The van der Waals surface area contributed by atoms with Gasteiger partial charge in [0.1, 0.15) is 11.6 Å². The van der Waals surface area contributed by atoms with Crippen LogP contribution in [0.2, 0.25) is 0 Å². The van der Waals surface area contributed by atoms with Crippen molar-refractivity contribution >= 4 is 23.7 Å². The van der Waals surface area contributed by atoms with Gasteiger partial charge in [-0.1, -0.05) is 12.1 Å². The number of pyridine rings is 1. The molecule has 0 aliphatic heterocycles. The van der Waals surface area contributed by atoms with Gasteiger partial charge >= 0.3 is 12.1 Å². The van der Waals surface area contributed by atoms with Crippen molar-refractivity contribution in [3.05, 3.63) is 59.9 Å². The van der Waals surface area contributed by atoms with E-state index in [-0.39, 0.29) is 12.3 Å². The van der Waals surface area contributed by atoms with Crippen molar-refractivity contribution < 1.29 is 24.2 Å². The minimum Gasteiger partial charge on any atom is -0.480 e. The van der Waals surface area contributed by atoms with Crippen molar-refractivity contribution in [1.82, 2.24) is 10.3 Å². The summed E-state index contributed by atoms with van der Waals surface area (Å²) in [4.78, 5) is 39.4. The zero-order valence-corrected chi connectivity index (χ0v) is 15.9. The van der Waals surface area contributed by atoms with Crippen LogP contribution in [0.5, 0.6) is 0 Å². The molecule has 0 bridgehead atoms. The van der Waals surface area contributed by atoms with Gasteiger partial charge in [-0.15, -0.1) is 0 Å². The van der Waals surface area contributed by atoms with E-state index in [1.807, 2.05) is 0 Å².